The average Bonchev–Trinajstić information content (AvgIpc) is 2.41. The van der Waals surface area contributed by atoms with Crippen molar-refractivity contribution >= 4 is 0 Å². The van der Waals surface area contributed by atoms with Gasteiger partial charge in [-0.1, -0.05) is 6.08 Å². The van der Waals surface area contributed by atoms with Crippen LogP contribution in [0.4, 0.5) is 0 Å². The molecule has 10 heavy (non-hydrogen) atoms. The quantitative estimate of drug-likeness (QED) is 0.462. The van der Waals surface area contributed by atoms with Gasteiger partial charge in [-0.3, -0.25) is 4.68 Å². The Kier molecular flexibility index (Phi) is 2.67. The van der Waals surface area contributed by atoms with Gasteiger partial charge < -0.3 is 0 Å². The van der Waals surface area contributed by atoms with Crippen LogP contribution in [-0.2, 0) is 6.54 Å². The highest BCUT2D eigenvalue weighted by molar-refractivity contribution is 4.66. The number of allylic oxidation sites excluding steroid dienone is 1. The van der Waals surface area contributed by atoms with Crippen molar-refractivity contribution in [1.82, 2.24) is 14.8 Å². The molecule has 3 heteroatoms. The van der Waals surface area contributed by atoms with Crippen LogP contribution in [0.3, 0.4) is 0 Å². The van der Waals surface area contributed by atoms with Gasteiger partial charge in [0.1, 0.15) is 12.7 Å². The Bertz CT molecular complexity index is 179. The lowest BCUT2D eigenvalue weighted by atomic mass is 10.3. The Morgan fingerprint density at radius 3 is 3.10 bits per heavy atom. The summed E-state index contributed by atoms with van der Waals surface area (Å²) in [6, 6.07) is 0. The highest BCUT2D eigenvalue weighted by Gasteiger charge is 1.87. The molecule has 0 saturated carbocycles. The van der Waals surface area contributed by atoms with Crippen LogP contribution in [0.25, 0.3) is 0 Å². The highest BCUT2D eigenvalue weighted by Crippen LogP contribution is 1.92. The summed E-state index contributed by atoms with van der Waals surface area (Å²) in [6.45, 7) is 4.57. The van der Waals surface area contributed by atoms with Crippen LogP contribution in [0.2, 0.25) is 0 Å². The van der Waals surface area contributed by atoms with E-state index < -0.39 is 0 Å². The molecule has 0 spiro atoms. The molecule has 0 aromatic carbocycles. The monoisotopic (exact) mass is 137 g/mol. The van der Waals surface area contributed by atoms with Crippen molar-refractivity contribution in [3.05, 3.63) is 25.3 Å². The fraction of sp³-hybridized carbons (Fsp3) is 0.429. The van der Waals surface area contributed by atoms with Crippen LogP contribution in [0.1, 0.15) is 12.8 Å². The molecule has 0 bridgehead atoms. The largest absolute Gasteiger partial charge is 0.253 e. The lowest BCUT2D eigenvalue weighted by Crippen LogP contribution is -1.96. The van der Waals surface area contributed by atoms with Gasteiger partial charge in [-0.15, -0.1) is 6.58 Å². The van der Waals surface area contributed by atoms with Crippen molar-refractivity contribution in [3.8, 4) is 0 Å². The summed E-state index contributed by atoms with van der Waals surface area (Å²) in [7, 11) is 0. The summed E-state index contributed by atoms with van der Waals surface area (Å²) < 4.78 is 1.82. The first-order valence-electron chi connectivity index (χ1n) is 3.37. The van der Waals surface area contributed by atoms with E-state index in [1.807, 2.05) is 10.8 Å². The minimum Gasteiger partial charge on any atom is -0.253 e. The number of rotatable bonds is 4. The number of aromatic nitrogens is 3. The Balaban J connectivity index is 2.21. The summed E-state index contributed by atoms with van der Waals surface area (Å²) >= 11 is 0. The molecule has 3 nitrogen and oxygen atoms in total. The van der Waals surface area contributed by atoms with Crippen LogP contribution < -0.4 is 0 Å². The second-order valence-corrected chi connectivity index (χ2v) is 2.09. The molecule has 0 amide bonds. The summed E-state index contributed by atoms with van der Waals surface area (Å²) in [4.78, 5) is 3.83. The fourth-order valence-corrected chi connectivity index (χ4v) is 0.746. The first-order chi connectivity index (χ1) is 4.93. The minimum absolute atomic E-state index is 0.937. The van der Waals surface area contributed by atoms with Crippen molar-refractivity contribution < 1.29 is 0 Å². The summed E-state index contributed by atoms with van der Waals surface area (Å²) in [6.07, 6.45) is 7.32. The van der Waals surface area contributed by atoms with Gasteiger partial charge in [0.15, 0.2) is 0 Å². The number of hydrogen-bond acceptors (Lipinski definition) is 2. The first-order valence-corrected chi connectivity index (χ1v) is 3.37. The van der Waals surface area contributed by atoms with Gasteiger partial charge in [-0.25, -0.2) is 4.98 Å². The number of nitrogens with zero attached hydrogens (tertiary/aromatic N) is 3. The Morgan fingerprint density at radius 1 is 1.60 bits per heavy atom. The SMILES string of the molecule is C=CCCCn1cncn1. The van der Waals surface area contributed by atoms with Crippen molar-refractivity contribution in [2.24, 2.45) is 0 Å². The lowest BCUT2D eigenvalue weighted by Gasteiger charge is -1.95. The third kappa shape index (κ3) is 2.01. The Hall–Kier alpha value is -1.12. The topological polar surface area (TPSA) is 30.7 Å². The second-order valence-electron chi connectivity index (χ2n) is 2.09. The maximum Gasteiger partial charge on any atom is 0.137 e. The summed E-state index contributed by atoms with van der Waals surface area (Å²) in [5, 5.41) is 3.96. The van der Waals surface area contributed by atoms with E-state index in [-0.39, 0.29) is 0 Å². The highest BCUT2D eigenvalue weighted by atomic mass is 15.3. The molecule has 0 atom stereocenters. The van der Waals surface area contributed by atoms with Gasteiger partial charge in [0.2, 0.25) is 0 Å². The number of hydrogen-bond donors (Lipinski definition) is 0. The molecule has 0 aliphatic rings. The number of unbranched alkanes of at least 4 members (excludes halogenated alkanes) is 1. The third-order valence-electron chi connectivity index (χ3n) is 1.26. The van der Waals surface area contributed by atoms with Crippen LogP contribution >= 0.6 is 0 Å². The van der Waals surface area contributed by atoms with Crippen molar-refractivity contribution in [2.75, 3.05) is 0 Å². The minimum atomic E-state index is 0.937. The van der Waals surface area contributed by atoms with Crippen LogP contribution in [0.15, 0.2) is 25.3 Å². The van der Waals surface area contributed by atoms with Gasteiger partial charge in [0, 0.05) is 6.54 Å². The normalized spacial score (nSPS) is 9.60. The molecular weight excluding hydrogens is 126 g/mol. The molecule has 0 radical (unpaired) electrons. The Labute approximate surface area is 60.4 Å². The molecule has 1 heterocycles. The smallest absolute Gasteiger partial charge is 0.137 e. The predicted molar refractivity (Wildman–Crippen MR) is 39.5 cm³/mol. The zero-order chi connectivity index (χ0) is 7.23. The first kappa shape index (κ1) is 6.99. The number of aryl methyl sites for hydroxylation is 1. The molecule has 1 rings (SSSR count). The van der Waals surface area contributed by atoms with Gasteiger partial charge in [-0.05, 0) is 12.8 Å². The predicted octanol–water partition coefficient (Wildman–Crippen LogP) is 1.24. The maximum absolute atomic E-state index is 3.96. The van der Waals surface area contributed by atoms with Gasteiger partial charge in [0.25, 0.3) is 0 Å². The van der Waals surface area contributed by atoms with E-state index in [1.54, 1.807) is 12.7 Å². The molecule has 1 aromatic heterocycles. The molecule has 0 aliphatic heterocycles. The summed E-state index contributed by atoms with van der Waals surface area (Å²) in [5.41, 5.74) is 0. The lowest BCUT2D eigenvalue weighted by molar-refractivity contribution is 0.582. The molecule has 0 fully saturated rings. The van der Waals surface area contributed by atoms with Crippen LogP contribution in [0.5, 0.6) is 0 Å². The Morgan fingerprint density at radius 2 is 2.50 bits per heavy atom. The third-order valence-corrected chi connectivity index (χ3v) is 1.26. The van der Waals surface area contributed by atoms with E-state index in [9.17, 15) is 0 Å². The van der Waals surface area contributed by atoms with Crippen molar-refractivity contribution in [3.63, 3.8) is 0 Å². The van der Waals surface area contributed by atoms with Gasteiger partial charge in [-0.2, -0.15) is 5.10 Å². The van der Waals surface area contributed by atoms with E-state index >= 15 is 0 Å². The molecule has 0 N–H and O–H groups in total. The van der Waals surface area contributed by atoms with Crippen molar-refractivity contribution in [2.45, 2.75) is 19.4 Å². The fourth-order valence-electron chi connectivity index (χ4n) is 0.746. The van der Waals surface area contributed by atoms with E-state index in [2.05, 4.69) is 16.7 Å². The zero-order valence-corrected chi connectivity index (χ0v) is 5.90. The molecule has 0 saturated heterocycles. The van der Waals surface area contributed by atoms with E-state index in [1.165, 1.54) is 0 Å². The van der Waals surface area contributed by atoms with Crippen LogP contribution in [0, 0.1) is 0 Å². The molecule has 0 unspecified atom stereocenters. The van der Waals surface area contributed by atoms with Gasteiger partial charge in [0.05, 0.1) is 0 Å². The van der Waals surface area contributed by atoms with Crippen molar-refractivity contribution in [1.29, 1.82) is 0 Å². The molecular formula is C7H11N3. The molecule has 0 aliphatic carbocycles. The second kappa shape index (κ2) is 3.82. The van der Waals surface area contributed by atoms with Gasteiger partial charge >= 0.3 is 0 Å². The van der Waals surface area contributed by atoms with E-state index in [0.29, 0.717) is 0 Å². The molecule has 54 valence electrons. The summed E-state index contributed by atoms with van der Waals surface area (Å²) in [5.74, 6) is 0. The van der Waals surface area contributed by atoms with E-state index in [0.717, 1.165) is 19.4 Å². The average molecular weight is 137 g/mol. The zero-order valence-electron chi connectivity index (χ0n) is 5.90. The maximum atomic E-state index is 3.96. The van der Waals surface area contributed by atoms with Crippen LogP contribution in [-0.4, -0.2) is 14.8 Å². The molecule has 1 aromatic rings. The van der Waals surface area contributed by atoms with E-state index in [4.69, 9.17) is 0 Å². The standard InChI is InChI=1S/C7H11N3/c1-2-3-4-5-10-7-8-6-9-10/h2,6-7H,1,3-5H2.